The quantitative estimate of drug-likeness (QED) is 0.778. The van der Waals surface area contributed by atoms with Gasteiger partial charge in [0.25, 0.3) is 0 Å². The van der Waals surface area contributed by atoms with Crippen LogP contribution in [0.4, 0.5) is 0 Å². The number of aromatic nitrogens is 2. The molecular weight excluding hydrogens is 342 g/mol. The average Bonchev–Trinajstić information content (AvgIpc) is 3.22. The van der Waals surface area contributed by atoms with Crippen molar-refractivity contribution in [3.05, 3.63) is 36.7 Å². The smallest absolute Gasteiger partial charge is 0.214 e. The fourth-order valence-corrected chi connectivity index (χ4v) is 4.25. The van der Waals surface area contributed by atoms with Crippen LogP contribution < -0.4 is 4.74 Å². The molecule has 2 atom stereocenters. The van der Waals surface area contributed by atoms with Crippen molar-refractivity contribution >= 4 is 10.0 Å². The van der Waals surface area contributed by atoms with Crippen LogP contribution in [-0.2, 0) is 14.8 Å². The van der Waals surface area contributed by atoms with Crippen LogP contribution >= 0.6 is 0 Å². The Bertz CT molecular complexity index is 832. The molecule has 0 aliphatic carbocycles. The van der Waals surface area contributed by atoms with Crippen molar-refractivity contribution in [2.75, 3.05) is 40.2 Å². The highest BCUT2D eigenvalue weighted by molar-refractivity contribution is 7.89. The molecule has 136 valence electrons. The van der Waals surface area contributed by atoms with Crippen molar-refractivity contribution in [2.45, 2.75) is 6.04 Å². The van der Waals surface area contributed by atoms with E-state index in [4.69, 9.17) is 9.47 Å². The third-order valence-corrected chi connectivity index (χ3v) is 6.48. The number of benzene rings is 1. The van der Waals surface area contributed by atoms with Crippen molar-refractivity contribution in [1.29, 1.82) is 0 Å². The molecule has 1 aromatic carbocycles. The molecular formula is C17H23N3O4S. The molecule has 1 saturated heterocycles. The first-order valence-electron chi connectivity index (χ1n) is 8.08. The maximum Gasteiger partial charge on any atom is 0.214 e. The summed E-state index contributed by atoms with van der Waals surface area (Å²) in [7, 11) is 1.43. The van der Waals surface area contributed by atoms with Crippen molar-refractivity contribution in [3.8, 4) is 17.1 Å². The summed E-state index contributed by atoms with van der Waals surface area (Å²) in [4.78, 5) is 4.47. The van der Waals surface area contributed by atoms with Crippen molar-refractivity contribution in [2.24, 2.45) is 5.92 Å². The zero-order valence-electron chi connectivity index (χ0n) is 14.6. The molecule has 0 radical (unpaired) electrons. The summed E-state index contributed by atoms with van der Waals surface area (Å²) in [6.07, 6.45) is 3.59. The highest BCUT2D eigenvalue weighted by atomic mass is 32.2. The highest BCUT2D eigenvalue weighted by Crippen LogP contribution is 2.34. The van der Waals surface area contributed by atoms with E-state index in [2.05, 4.69) is 4.98 Å². The maximum absolute atomic E-state index is 12.3. The Morgan fingerprint density at radius 3 is 2.80 bits per heavy atom. The highest BCUT2D eigenvalue weighted by Gasteiger charge is 2.35. The van der Waals surface area contributed by atoms with Gasteiger partial charge in [0, 0.05) is 32.4 Å². The van der Waals surface area contributed by atoms with Crippen molar-refractivity contribution in [1.82, 2.24) is 13.9 Å². The summed E-state index contributed by atoms with van der Waals surface area (Å²) in [6.45, 7) is 0.882. The first-order chi connectivity index (χ1) is 11.9. The normalized spacial score (nSPS) is 21.0. The van der Waals surface area contributed by atoms with E-state index in [1.165, 1.54) is 4.31 Å². The van der Waals surface area contributed by atoms with Crippen LogP contribution in [0.1, 0.15) is 6.04 Å². The lowest BCUT2D eigenvalue weighted by molar-refractivity contribution is 0.182. The molecule has 2 aromatic rings. The number of hydrogen-bond acceptors (Lipinski definition) is 5. The van der Waals surface area contributed by atoms with Crippen LogP contribution in [0.2, 0.25) is 0 Å². The van der Waals surface area contributed by atoms with Gasteiger partial charge in [0.1, 0.15) is 11.6 Å². The molecule has 0 saturated carbocycles. The van der Waals surface area contributed by atoms with Crippen molar-refractivity contribution < 1.29 is 17.9 Å². The van der Waals surface area contributed by atoms with Gasteiger partial charge in [-0.1, -0.05) is 12.1 Å². The predicted molar refractivity (Wildman–Crippen MR) is 95.0 cm³/mol. The van der Waals surface area contributed by atoms with Gasteiger partial charge in [0.15, 0.2) is 0 Å². The lowest BCUT2D eigenvalue weighted by atomic mass is 10.1. The fourth-order valence-electron chi connectivity index (χ4n) is 3.09. The number of hydrogen-bond donors (Lipinski definition) is 0. The van der Waals surface area contributed by atoms with Crippen LogP contribution in [0.25, 0.3) is 11.4 Å². The number of rotatable bonds is 6. The number of methoxy groups -OCH3 is 1. The van der Waals surface area contributed by atoms with Crippen LogP contribution in [0.5, 0.6) is 5.75 Å². The molecule has 0 unspecified atom stereocenters. The molecule has 8 heteroatoms. The molecule has 0 bridgehead atoms. The van der Waals surface area contributed by atoms with E-state index in [9.17, 15) is 8.42 Å². The summed E-state index contributed by atoms with van der Waals surface area (Å²) in [5.41, 5.74) is 0.871. The summed E-state index contributed by atoms with van der Waals surface area (Å²) >= 11 is 0. The molecule has 25 heavy (non-hydrogen) atoms. The summed E-state index contributed by atoms with van der Waals surface area (Å²) < 4.78 is 38.9. The molecule has 7 nitrogen and oxygen atoms in total. The van der Waals surface area contributed by atoms with Gasteiger partial charge < -0.3 is 14.0 Å². The number of para-hydroxylation sites is 1. The third kappa shape index (κ3) is 3.56. The van der Waals surface area contributed by atoms with E-state index >= 15 is 0 Å². The van der Waals surface area contributed by atoms with Gasteiger partial charge in [-0.2, -0.15) is 0 Å². The molecule has 1 aromatic heterocycles. The maximum atomic E-state index is 12.3. The van der Waals surface area contributed by atoms with E-state index in [0.717, 1.165) is 17.1 Å². The zero-order chi connectivity index (χ0) is 18.0. The summed E-state index contributed by atoms with van der Waals surface area (Å²) in [5.74, 6) is 1.40. The van der Waals surface area contributed by atoms with E-state index in [0.29, 0.717) is 13.2 Å². The Labute approximate surface area is 148 Å². The minimum atomic E-state index is -3.30. The number of imidazole rings is 1. The number of ether oxygens (including phenoxy) is 2. The molecule has 2 heterocycles. The van der Waals surface area contributed by atoms with Crippen LogP contribution in [-0.4, -0.2) is 62.4 Å². The average molecular weight is 365 g/mol. The minimum absolute atomic E-state index is 0.0498. The Kier molecular flexibility index (Phi) is 5.12. The molecule has 0 spiro atoms. The van der Waals surface area contributed by atoms with Gasteiger partial charge in [0.2, 0.25) is 10.0 Å². The van der Waals surface area contributed by atoms with Gasteiger partial charge >= 0.3 is 0 Å². The molecule has 1 aliphatic rings. The topological polar surface area (TPSA) is 73.7 Å². The van der Waals surface area contributed by atoms with Crippen molar-refractivity contribution in [3.63, 3.8) is 0 Å². The van der Waals surface area contributed by atoms with E-state index in [1.807, 2.05) is 35.0 Å². The monoisotopic (exact) mass is 365 g/mol. The molecule has 3 rings (SSSR count). The SMILES string of the molecule is COc1ccccc1-c1nccn1[C@@H]1COC[C@H]1CS(=O)(=O)N(C)C. The second kappa shape index (κ2) is 7.15. The second-order valence-electron chi connectivity index (χ2n) is 6.28. The van der Waals surface area contributed by atoms with Gasteiger partial charge in [0.05, 0.1) is 37.7 Å². The van der Waals surface area contributed by atoms with E-state index in [1.54, 1.807) is 27.4 Å². The first-order valence-corrected chi connectivity index (χ1v) is 9.69. The van der Waals surface area contributed by atoms with Gasteiger partial charge in [-0.05, 0) is 12.1 Å². The van der Waals surface area contributed by atoms with Gasteiger partial charge in [-0.15, -0.1) is 0 Å². The Morgan fingerprint density at radius 2 is 2.08 bits per heavy atom. The summed E-state index contributed by atoms with van der Waals surface area (Å²) in [5, 5.41) is 0. The van der Waals surface area contributed by atoms with E-state index < -0.39 is 10.0 Å². The Balaban J connectivity index is 1.94. The largest absolute Gasteiger partial charge is 0.496 e. The van der Waals surface area contributed by atoms with Crippen LogP contribution in [0, 0.1) is 5.92 Å². The number of sulfonamides is 1. The summed E-state index contributed by atoms with van der Waals surface area (Å²) in [6, 6.07) is 7.57. The molecule has 1 fully saturated rings. The fraction of sp³-hybridized carbons (Fsp3) is 0.471. The Hall–Kier alpha value is -1.90. The first kappa shape index (κ1) is 17.9. The standard InChI is InChI=1S/C17H23N3O4S/c1-19(2)25(21,22)12-13-10-24-11-15(13)20-9-8-18-17(20)14-6-4-5-7-16(14)23-3/h4-9,13,15H,10-12H2,1-3H3/t13-,15+/m0/s1. The van der Waals surface area contributed by atoms with Crippen LogP contribution in [0.3, 0.4) is 0 Å². The minimum Gasteiger partial charge on any atom is -0.496 e. The van der Waals surface area contributed by atoms with Gasteiger partial charge in [-0.25, -0.2) is 17.7 Å². The Morgan fingerprint density at radius 1 is 1.32 bits per heavy atom. The predicted octanol–water partition coefficient (Wildman–Crippen LogP) is 1.64. The zero-order valence-corrected chi connectivity index (χ0v) is 15.4. The second-order valence-corrected chi connectivity index (χ2v) is 8.51. The van der Waals surface area contributed by atoms with Gasteiger partial charge in [-0.3, -0.25) is 0 Å². The lowest BCUT2D eigenvalue weighted by Crippen LogP contribution is -2.32. The molecule has 0 N–H and O–H groups in total. The van der Waals surface area contributed by atoms with E-state index in [-0.39, 0.29) is 17.7 Å². The molecule has 0 amide bonds. The third-order valence-electron chi connectivity index (χ3n) is 4.52. The van der Waals surface area contributed by atoms with Crippen LogP contribution in [0.15, 0.2) is 36.7 Å². The molecule has 1 aliphatic heterocycles. The lowest BCUT2D eigenvalue weighted by Gasteiger charge is -2.23. The number of nitrogens with zero attached hydrogens (tertiary/aromatic N) is 3.